The van der Waals surface area contributed by atoms with Crippen LogP contribution in [0.15, 0.2) is 29.2 Å². The first-order valence-corrected chi connectivity index (χ1v) is 4.76. The third kappa shape index (κ3) is 1.53. The van der Waals surface area contributed by atoms with Gasteiger partial charge in [0, 0.05) is 20.4 Å². The summed E-state index contributed by atoms with van der Waals surface area (Å²) in [6.45, 7) is 0. The van der Waals surface area contributed by atoms with Gasteiger partial charge in [0.25, 0.3) is 15.9 Å². The second-order valence-electron chi connectivity index (χ2n) is 2.43. The standard InChI is InChI=1S/C7H5NO3S.Pd/c9-7-5-3-1-2-4-6(5)12(10,11)8-7;/h1-4H,(H,8,9);. The monoisotopic (exact) mass is 289 g/mol. The third-order valence-corrected chi connectivity index (χ3v) is 3.04. The third-order valence-electron chi connectivity index (χ3n) is 1.65. The predicted molar refractivity (Wildman–Crippen MR) is 41.1 cm³/mol. The molecule has 0 bridgehead atoms. The molecule has 0 saturated carbocycles. The van der Waals surface area contributed by atoms with E-state index in [0.717, 1.165) is 0 Å². The molecule has 1 aromatic carbocycles. The Morgan fingerprint density at radius 3 is 2.38 bits per heavy atom. The van der Waals surface area contributed by atoms with Gasteiger partial charge in [-0.05, 0) is 12.1 Å². The molecular formula is C7H5NO3PdS. The van der Waals surface area contributed by atoms with Gasteiger partial charge in [-0.15, -0.1) is 0 Å². The van der Waals surface area contributed by atoms with E-state index in [9.17, 15) is 13.2 Å². The zero-order valence-electron chi connectivity index (χ0n) is 6.26. The number of carbonyl (C=O) groups excluding carboxylic acids is 1. The molecule has 1 N–H and O–H groups in total. The van der Waals surface area contributed by atoms with Gasteiger partial charge in [0.1, 0.15) is 4.90 Å². The van der Waals surface area contributed by atoms with Crippen LogP contribution in [0.1, 0.15) is 10.4 Å². The van der Waals surface area contributed by atoms with Gasteiger partial charge in [0.05, 0.1) is 5.56 Å². The van der Waals surface area contributed by atoms with Gasteiger partial charge >= 0.3 is 0 Å². The number of amides is 1. The Hall–Kier alpha value is -0.698. The quantitative estimate of drug-likeness (QED) is 0.690. The maximum Gasteiger partial charge on any atom is 0.266 e. The van der Waals surface area contributed by atoms with Crippen molar-refractivity contribution >= 4 is 15.9 Å². The number of nitrogens with one attached hydrogen (secondary N) is 1. The minimum Gasteiger partial charge on any atom is -0.268 e. The van der Waals surface area contributed by atoms with E-state index in [4.69, 9.17) is 0 Å². The van der Waals surface area contributed by atoms with Crippen molar-refractivity contribution in [2.24, 2.45) is 0 Å². The van der Waals surface area contributed by atoms with Crippen LogP contribution in [0.25, 0.3) is 0 Å². The Labute approximate surface area is 89.0 Å². The normalized spacial score (nSPS) is 17.1. The van der Waals surface area contributed by atoms with Gasteiger partial charge in [0.2, 0.25) is 0 Å². The van der Waals surface area contributed by atoms with Crippen molar-refractivity contribution < 1.29 is 33.6 Å². The van der Waals surface area contributed by atoms with Crippen molar-refractivity contribution in [2.45, 2.75) is 4.90 Å². The van der Waals surface area contributed by atoms with E-state index in [2.05, 4.69) is 0 Å². The molecule has 0 unspecified atom stereocenters. The summed E-state index contributed by atoms with van der Waals surface area (Å²) in [6.07, 6.45) is 0. The van der Waals surface area contributed by atoms with Crippen LogP contribution in [0, 0.1) is 0 Å². The molecule has 1 amide bonds. The molecule has 1 aromatic rings. The van der Waals surface area contributed by atoms with Gasteiger partial charge < -0.3 is 0 Å². The van der Waals surface area contributed by atoms with Crippen LogP contribution in [-0.2, 0) is 30.4 Å². The van der Waals surface area contributed by atoms with Gasteiger partial charge in [-0.2, -0.15) is 0 Å². The van der Waals surface area contributed by atoms with Crippen LogP contribution in [0.5, 0.6) is 0 Å². The molecule has 0 radical (unpaired) electrons. The van der Waals surface area contributed by atoms with Crippen molar-refractivity contribution in [3.63, 3.8) is 0 Å². The second kappa shape index (κ2) is 3.22. The second-order valence-corrected chi connectivity index (χ2v) is 4.08. The maximum absolute atomic E-state index is 11.1. The van der Waals surface area contributed by atoms with Gasteiger partial charge in [0.15, 0.2) is 0 Å². The topological polar surface area (TPSA) is 63.2 Å². The maximum atomic E-state index is 11.1. The van der Waals surface area contributed by atoms with Gasteiger partial charge in [-0.1, -0.05) is 12.1 Å². The first-order chi connectivity index (χ1) is 5.61. The van der Waals surface area contributed by atoms with Crippen LogP contribution in [-0.4, -0.2) is 14.3 Å². The molecule has 0 aromatic heterocycles. The molecule has 6 heteroatoms. The fourth-order valence-corrected chi connectivity index (χ4v) is 2.29. The van der Waals surface area contributed by atoms with E-state index in [-0.39, 0.29) is 30.9 Å². The molecule has 4 nitrogen and oxygen atoms in total. The van der Waals surface area contributed by atoms with E-state index >= 15 is 0 Å². The van der Waals surface area contributed by atoms with Crippen LogP contribution in [0.2, 0.25) is 0 Å². The summed E-state index contributed by atoms with van der Waals surface area (Å²) in [4.78, 5) is 11.1. The summed E-state index contributed by atoms with van der Waals surface area (Å²) in [6, 6.07) is 6.09. The number of rotatable bonds is 0. The molecule has 0 saturated heterocycles. The average Bonchev–Trinajstić information content (AvgIpc) is 2.25. The fraction of sp³-hybridized carbons (Fsp3) is 0. The van der Waals surface area contributed by atoms with Crippen LogP contribution < -0.4 is 4.72 Å². The zero-order valence-corrected chi connectivity index (χ0v) is 8.63. The Morgan fingerprint density at radius 2 is 1.77 bits per heavy atom. The summed E-state index contributed by atoms with van der Waals surface area (Å²) >= 11 is 0. The van der Waals surface area contributed by atoms with Crippen molar-refractivity contribution in [2.75, 3.05) is 0 Å². The van der Waals surface area contributed by atoms with E-state index < -0.39 is 15.9 Å². The fourth-order valence-electron chi connectivity index (χ4n) is 1.12. The van der Waals surface area contributed by atoms with E-state index in [1.165, 1.54) is 12.1 Å². The van der Waals surface area contributed by atoms with E-state index in [0.29, 0.717) is 0 Å². The summed E-state index contributed by atoms with van der Waals surface area (Å²) in [7, 11) is -3.55. The van der Waals surface area contributed by atoms with E-state index in [1.54, 1.807) is 12.1 Å². The number of benzene rings is 1. The van der Waals surface area contributed by atoms with Crippen molar-refractivity contribution in [1.29, 1.82) is 0 Å². The minimum absolute atomic E-state index is 0. The Kier molecular flexibility index (Phi) is 2.57. The summed E-state index contributed by atoms with van der Waals surface area (Å²) in [5.41, 5.74) is 0.220. The van der Waals surface area contributed by atoms with Gasteiger partial charge in [-0.25, -0.2) is 13.1 Å². The predicted octanol–water partition coefficient (Wildman–Crippen LogP) is 0.116. The van der Waals surface area contributed by atoms with Crippen LogP contribution in [0.4, 0.5) is 0 Å². The molecule has 72 valence electrons. The van der Waals surface area contributed by atoms with Crippen molar-refractivity contribution in [3.8, 4) is 0 Å². The van der Waals surface area contributed by atoms with Crippen LogP contribution >= 0.6 is 0 Å². The minimum atomic E-state index is -3.55. The van der Waals surface area contributed by atoms with Crippen molar-refractivity contribution in [1.82, 2.24) is 4.72 Å². The summed E-state index contributed by atoms with van der Waals surface area (Å²) in [5, 5.41) is 0. The zero-order chi connectivity index (χ0) is 8.77. The number of hydrogen-bond donors (Lipinski definition) is 1. The molecule has 1 aliphatic heterocycles. The van der Waals surface area contributed by atoms with Crippen molar-refractivity contribution in [3.05, 3.63) is 29.8 Å². The SMILES string of the molecule is O=C1NS(=O)(=O)c2ccccc21.[Pd]. The van der Waals surface area contributed by atoms with E-state index in [1.807, 2.05) is 4.72 Å². The first kappa shape index (κ1) is 10.4. The molecule has 13 heavy (non-hydrogen) atoms. The molecule has 0 atom stereocenters. The molecular weight excluding hydrogens is 285 g/mol. The summed E-state index contributed by atoms with van der Waals surface area (Å²) in [5.74, 6) is -0.550. The smallest absolute Gasteiger partial charge is 0.266 e. The largest absolute Gasteiger partial charge is 0.268 e. The molecule has 0 fully saturated rings. The Morgan fingerprint density at radius 1 is 1.15 bits per heavy atom. The first-order valence-electron chi connectivity index (χ1n) is 3.27. The number of sulfonamides is 1. The Balaban J connectivity index is 0.000000845. The van der Waals surface area contributed by atoms with Gasteiger partial charge in [-0.3, -0.25) is 4.79 Å². The number of hydrogen-bond acceptors (Lipinski definition) is 3. The number of carbonyl (C=O) groups is 1. The Bertz CT molecular complexity index is 455. The molecule has 0 spiro atoms. The molecule has 0 aliphatic carbocycles. The molecule has 1 heterocycles. The summed E-state index contributed by atoms with van der Waals surface area (Å²) < 4.78 is 24.2. The molecule has 1 aliphatic rings. The number of fused-ring (bicyclic) bond motifs is 1. The van der Waals surface area contributed by atoms with Crippen LogP contribution in [0.3, 0.4) is 0 Å². The molecule has 2 rings (SSSR count). The average molecular weight is 290 g/mol.